The van der Waals surface area contributed by atoms with Gasteiger partial charge in [-0.25, -0.2) is 4.98 Å². The highest BCUT2D eigenvalue weighted by molar-refractivity contribution is 6.36. The van der Waals surface area contributed by atoms with Crippen LogP contribution in [-0.4, -0.2) is 65.4 Å². The summed E-state index contributed by atoms with van der Waals surface area (Å²) in [5.41, 5.74) is 2.36. The number of hydrogen-bond acceptors (Lipinski definition) is 6. The van der Waals surface area contributed by atoms with Crippen LogP contribution in [0.15, 0.2) is 23.0 Å². The Morgan fingerprint density at radius 3 is 2.55 bits per heavy atom. The molecular weight excluding hydrogens is 437 g/mol. The molecule has 7 nitrogen and oxygen atoms in total. The second kappa shape index (κ2) is 9.88. The van der Waals surface area contributed by atoms with Gasteiger partial charge in [0, 0.05) is 35.9 Å². The SMILES string of the molecule is CCc1c(C)nc2n(c1=O)CN(CCCN1CCOCC1)CN2c1ccc(Cl)cc1Cl. The molecule has 2 aliphatic rings. The van der Waals surface area contributed by atoms with Gasteiger partial charge >= 0.3 is 0 Å². The standard InChI is InChI=1S/C22H29Cl2N5O2/c1-3-18-16(2)25-22-28(20-6-5-17(23)13-19(20)24)14-27(15-29(22)21(18)30)8-4-7-26-9-11-31-12-10-26/h5-6,13H,3-4,7-12,14-15H2,1-2H3. The Morgan fingerprint density at radius 1 is 1.10 bits per heavy atom. The maximum Gasteiger partial charge on any atom is 0.259 e. The van der Waals surface area contributed by atoms with Crippen LogP contribution >= 0.6 is 23.2 Å². The van der Waals surface area contributed by atoms with Gasteiger partial charge in [-0.05, 0) is 44.5 Å². The quantitative estimate of drug-likeness (QED) is 0.650. The molecule has 168 valence electrons. The Labute approximate surface area is 193 Å². The number of rotatable bonds is 6. The van der Waals surface area contributed by atoms with Crippen molar-refractivity contribution in [2.45, 2.75) is 33.4 Å². The van der Waals surface area contributed by atoms with Crippen LogP contribution in [0.25, 0.3) is 0 Å². The van der Waals surface area contributed by atoms with Gasteiger partial charge in [-0.15, -0.1) is 0 Å². The van der Waals surface area contributed by atoms with E-state index in [0.29, 0.717) is 35.8 Å². The molecule has 0 aliphatic carbocycles. The lowest BCUT2D eigenvalue weighted by molar-refractivity contribution is 0.0354. The molecule has 9 heteroatoms. The molecule has 2 aliphatic heterocycles. The molecule has 0 saturated carbocycles. The van der Waals surface area contributed by atoms with Gasteiger partial charge in [-0.3, -0.25) is 24.1 Å². The van der Waals surface area contributed by atoms with Gasteiger partial charge in [0.05, 0.1) is 37.3 Å². The van der Waals surface area contributed by atoms with Crippen LogP contribution in [0.3, 0.4) is 0 Å². The predicted octanol–water partition coefficient (Wildman–Crippen LogP) is 3.51. The highest BCUT2D eigenvalue weighted by atomic mass is 35.5. The summed E-state index contributed by atoms with van der Waals surface area (Å²) in [5.74, 6) is 0.633. The summed E-state index contributed by atoms with van der Waals surface area (Å²) < 4.78 is 7.21. The van der Waals surface area contributed by atoms with Crippen LogP contribution in [0, 0.1) is 6.92 Å². The van der Waals surface area contributed by atoms with Gasteiger partial charge in [-0.1, -0.05) is 30.1 Å². The Morgan fingerprint density at radius 2 is 1.84 bits per heavy atom. The van der Waals surface area contributed by atoms with Crippen LogP contribution < -0.4 is 10.5 Å². The van der Waals surface area contributed by atoms with E-state index in [-0.39, 0.29) is 5.56 Å². The Kier molecular flexibility index (Phi) is 7.19. The van der Waals surface area contributed by atoms with Crippen molar-refractivity contribution >= 4 is 34.8 Å². The zero-order valence-electron chi connectivity index (χ0n) is 18.1. The fourth-order valence-electron chi connectivity index (χ4n) is 4.30. The third kappa shape index (κ3) is 4.91. The van der Waals surface area contributed by atoms with Crippen molar-refractivity contribution in [3.63, 3.8) is 0 Å². The maximum absolute atomic E-state index is 13.2. The van der Waals surface area contributed by atoms with Gasteiger partial charge in [0.1, 0.15) is 0 Å². The minimum Gasteiger partial charge on any atom is -0.379 e. The molecule has 4 rings (SSSR count). The number of hydrogen-bond donors (Lipinski definition) is 0. The van der Waals surface area contributed by atoms with E-state index in [9.17, 15) is 4.79 Å². The van der Waals surface area contributed by atoms with E-state index in [1.54, 1.807) is 10.6 Å². The molecule has 0 atom stereocenters. The topological polar surface area (TPSA) is 53.8 Å². The van der Waals surface area contributed by atoms with Gasteiger partial charge in [0.2, 0.25) is 5.95 Å². The van der Waals surface area contributed by atoms with E-state index in [1.165, 1.54) is 0 Å². The summed E-state index contributed by atoms with van der Waals surface area (Å²) in [5, 5.41) is 1.12. The lowest BCUT2D eigenvalue weighted by Crippen LogP contribution is -2.48. The fourth-order valence-corrected chi connectivity index (χ4v) is 4.81. The monoisotopic (exact) mass is 465 g/mol. The molecule has 0 spiro atoms. The van der Waals surface area contributed by atoms with Crippen LogP contribution in [0.5, 0.6) is 0 Å². The molecular formula is C22H29Cl2N5O2. The summed E-state index contributed by atoms with van der Waals surface area (Å²) in [6, 6.07) is 5.43. The highest BCUT2D eigenvalue weighted by Gasteiger charge is 2.28. The molecule has 0 amide bonds. The first-order valence-corrected chi connectivity index (χ1v) is 11.6. The second-order valence-electron chi connectivity index (χ2n) is 8.07. The van der Waals surface area contributed by atoms with E-state index in [1.807, 2.05) is 30.9 Å². The van der Waals surface area contributed by atoms with Crippen molar-refractivity contribution in [3.05, 3.63) is 49.9 Å². The van der Waals surface area contributed by atoms with Gasteiger partial charge in [0.15, 0.2) is 0 Å². The first kappa shape index (κ1) is 22.6. The summed E-state index contributed by atoms with van der Waals surface area (Å²) >= 11 is 12.7. The molecule has 3 heterocycles. The number of anilines is 2. The molecule has 0 N–H and O–H groups in total. The first-order chi connectivity index (χ1) is 15.0. The smallest absolute Gasteiger partial charge is 0.259 e. The number of nitrogens with zero attached hydrogens (tertiary/aromatic N) is 5. The number of aromatic nitrogens is 2. The number of ether oxygens (including phenoxy) is 1. The number of benzene rings is 1. The van der Waals surface area contributed by atoms with Gasteiger partial charge < -0.3 is 4.74 Å². The van der Waals surface area contributed by atoms with Crippen molar-refractivity contribution in [3.8, 4) is 0 Å². The second-order valence-corrected chi connectivity index (χ2v) is 8.91. The third-order valence-electron chi connectivity index (χ3n) is 5.98. The van der Waals surface area contributed by atoms with Gasteiger partial charge in [0.25, 0.3) is 5.56 Å². The molecule has 1 fully saturated rings. The van der Waals surface area contributed by atoms with Crippen molar-refractivity contribution in [1.29, 1.82) is 0 Å². The Hall–Kier alpha value is -1.64. The van der Waals surface area contributed by atoms with Crippen molar-refractivity contribution < 1.29 is 4.74 Å². The average Bonchev–Trinajstić information content (AvgIpc) is 2.75. The third-order valence-corrected chi connectivity index (χ3v) is 6.52. The van der Waals surface area contributed by atoms with E-state index in [4.69, 9.17) is 32.9 Å². The first-order valence-electron chi connectivity index (χ1n) is 10.8. The zero-order valence-corrected chi connectivity index (χ0v) is 19.6. The van der Waals surface area contributed by atoms with E-state index in [2.05, 4.69) is 9.80 Å². The van der Waals surface area contributed by atoms with Crippen molar-refractivity contribution in [2.75, 3.05) is 51.0 Å². The van der Waals surface area contributed by atoms with Gasteiger partial charge in [-0.2, -0.15) is 0 Å². The molecule has 2 aromatic rings. The minimum atomic E-state index is 0.0259. The minimum absolute atomic E-state index is 0.0259. The Bertz CT molecular complexity index is 991. The summed E-state index contributed by atoms with van der Waals surface area (Å²) in [6.07, 6.45) is 1.68. The molecule has 0 bridgehead atoms. The molecule has 0 radical (unpaired) electrons. The molecule has 1 aromatic carbocycles. The molecule has 0 unspecified atom stereocenters. The summed E-state index contributed by atoms with van der Waals surface area (Å²) in [6.45, 7) is 10.5. The number of morpholine rings is 1. The van der Waals surface area contributed by atoms with Crippen LogP contribution in [-0.2, 0) is 17.8 Å². The van der Waals surface area contributed by atoms with Crippen molar-refractivity contribution in [2.24, 2.45) is 0 Å². The number of aryl methyl sites for hydroxylation is 1. The number of fused-ring (bicyclic) bond motifs is 1. The summed E-state index contributed by atoms with van der Waals surface area (Å²) in [7, 11) is 0. The maximum atomic E-state index is 13.2. The van der Waals surface area contributed by atoms with Crippen molar-refractivity contribution in [1.82, 2.24) is 19.4 Å². The largest absolute Gasteiger partial charge is 0.379 e. The Balaban J connectivity index is 1.62. The highest BCUT2D eigenvalue weighted by Crippen LogP contribution is 2.34. The van der Waals surface area contributed by atoms with E-state index >= 15 is 0 Å². The number of halogens is 2. The average molecular weight is 466 g/mol. The molecule has 1 saturated heterocycles. The van der Waals surface area contributed by atoms with E-state index in [0.717, 1.165) is 62.8 Å². The lowest BCUT2D eigenvalue weighted by atomic mass is 10.2. The summed E-state index contributed by atoms with van der Waals surface area (Å²) in [4.78, 5) is 24.8. The van der Waals surface area contributed by atoms with E-state index < -0.39 is 0 Å². The predicted molar refractivity (Wildman–Crippen MR) is 125 cm³/mol. The normalized spacial score (nSPS) is 17.7. The van der Waals surface area contributed by atoms with Crippen LogP contribution in [0.2, 0.25) is 10.0 Å². The van der Waals surface area contributed by atoms with Crippen LogP contribution in [0.4, 0.5) is 11.6 Å². The van der Waals surface area contributed by atoms with Crippen LogP contribution in [0.1, 0.15) is 24.6 Å². The zero-order chi connectivity index (χ0) is 22.0. The lowest BCUT2D eigenvalue weighted by Gasteiger charge is -2.39. The molecule has 31 heavy (non-hydrogen) atoms. The molecule has 1 aromatic heterocycles. The fraction of sp³-hybridized carbons (Fsp3) is 0.545.